The van der Waals surface area contributed by atoms with E-state index in [0.717, 1.165) is 36.3 Å². The number of sulfonamides is 1. The van der Waals surface area contributed by atoms with Gasteiger partial charge in [0, 0.05) is 25.1 Å². The van der Waals surface area contributed by atoms with Crippen molar-refractivity contribution in [3.8, 4) is 0 Å². The molecule has 1 saturated heterocycles. The Morgan fingerprint density at radius 2 is 2.25 bits per heavy atom. The number of likely N-dealkylation sites (N-methyl/N-ethyl adjacent to an activating group) is 1. The monoisotopic (exact) mass is 337 g/mol. The molecule has 1 unspecified atom stereocenters. The summed E-state index contributed by atoms with van der Waals surface area (Å²) in [7, 11) is -1.82. The predicted octanol–water partition coefficient (Wildman–Crippen LogP) is 2.98. The molecule has 0 saturated carbocycles. The Morgan fingerprint density at radius 3 is 2.80 bits per heavy atom. The molecule has 1 aromatic heterocycles. The summed E-state index contributed by atoms with van der Waals surface area (Å²) in [5.74, 6) is 0.349. The lowest BCUT2D eigenvalue weighted by molar-refractivity contribution is 0.00860. The van der Waals surface area contributed by atoms with E-state index in [0.29, 0.717) is 16.6 Å². The third-order valence-corrected chi connectivity index (χ3v) is 7.45. The fraction of sp³-hybridized carbons (Fsp3) is 0.692. The van der Waals surface area contributed by atoms with Crippen LogP contribution in [0.2, 0.25) is 0 Å². The van der Waals surface area contributed by atoms with Crippen molar-refractivity contribution in [1.29, 1.82) is 0 Å². The van der Waals surface area contributed by atoms with Crippen molar-refractivity contribution in [2.24, 2.45) is 0 Å². The third kappa shape index (κ3) is 3.54. The average Bonchev–Trinajstić information content (AvgIpc) is 2.81. The molecule has 0 N–H and O–H groups in total. The maximum atomic E-state index is 12.5. The molecule has 0 bridgehead atoms. The summed E-state index contributed by atoms with van der Waals surface area (Å²) in [6.45, 7) is 3.03. The summed E-state index contributed by atoms with van der Waals surface area (Å²) in [6.07, 6.45) is 3.11. The van der Waals surface area contributed by atoms with Crippen LogP contribution in [-0.2, 0) is 20.6 Å². The van der Waals surface area contributed by atoms with E-state index in [-0.39, 0.29) is 6.10 Å². The molecule has 0 spiro atoms. The first-order chi connectivity index (χ1) is 9.45. The van der Waals surface area contributed by atoms with Gasteiger partial charge >= 0.3 is 0 Å². The smallest absolute Gasteiger partial charge is 0.252 e. The second kappa shape index (κ2) is 6.75. The molecule has 1 atom stereocenters. The number of rotatable bonds is 5. The predicted molar refractivity (Wildman–Crippen MR) is 82.0 cm³/mol. The number of alkyl halides is 1. The zero-order valence-corrected chi connectivity index (χ0v) is 14.2. The Kier molecular flexibility index (Phi) is 5.48. The van der Waals surface area contributed by atoms with Crippen LogP contribution < -0.4 is 0 Å². The maximum absolute atomic E-state index is 12.5. The van der Waals surface area contributed by atoms with E-state index in [9.17, 15) is 8.42 Å². The lowest BCUT2D eigenvalue weighted by Gasteiger charge is -2.26. The van der Waals surface area contributed by atoms with Gasteiger partial charge in [-0.3, -0.25) is 0 Å². The van der Waals surface area contributed by atoms with Crippen LogP contribution in [0.25, 0.3) is 0 Å². The van der Waals surface area contributed by atoms with Gasteiger partial charge in [-0.05, 0) is 37.8 Å². The number of ether oxygens (including phenoxy) is 1. The highest BCUT2D eigenvalue weighted by atomic mass is 35.5. The minimum atomic E-state index is -3.44. The van der Waals surface area contributed by atoms with Crippen LogP contribution in [0.3, 0.4) is 0 Å². The normalized spacial score (nSPS) is 20.5. The number of thiophene rings is 1. The van der Waals surface area contributed by atoms with E-state index in [1.807, 2.05) is 6.92 Å². The SMILES string of the molecule is Cc1cc(S(=O)(=O)N(C)CC2CCCCO2)sc1CCl. The van der Waals surface area contributed by atoms with Crippen LogP contribution in [0.4, 0.5) is 0 Å². The highest BCUT2D eigenvalue weighted by Gasteiger charge is 2.27. The molecule has 1 aromatic rings. The van der Waals surface area contributed by atoms with Gasteiger partial charge < -0.3 is 4.74 Å². The van der Waals surface area contributed by atoms with E-state index >= 15 is 0 Å². The molecular formula is C13H20ClNO3S2. The van der Waals surface area contributed by atoms with Crippen molar-refractivity contribution in [3.05, 3.63) is 16.5 Å². The Bertz CT molecular complexity index is 550. The minimum Gasteiger partial charge on any atom is -0.377 e. The number of nitrogens with zero attached hydrogens (tertiary/aromatic N) is 1. The standard InChI is InChI=1S/C13H20ClNO3S2/c1-10-7-13(19-12(10)8-14)20(16,17)15(2)9-11-5-3-4-6-18-11/h7,11H,3-6,8-9H2,1-2H3. The molecule has 0 amide bonds. The van der Waals surface area contributed by atoms with Crippen molar-refractivity contribution < 1.29 is 13.2 Å². The third-order valence-electron chi connectivity index (χ3n) is 3.52. The second-order valence-corrected chi connectivity index (χ2v) is 8.76. The van der Waals surface area contributed by atoms with Crippen LogP contribution in [0.5, 0.6) is 0 Å². The Morgan fingerprint density at radius 1 is 1.50 bits per heavy atom. The summed E-state index contributed by atoms with van der Waals surface area (Å²) in [5, 5.41) is 0. The summed E-state index contributed by atoms with van der Waals surface area (Å²) < 4.78 is 32.4. The first-order valence-corrected chi connectivity index (χ1v) is 9.47. The van der Waals surface area contributed by atoms with E-state index in [1.165, 1.54) is 15.6 Å². The van der Waals surface area contributed by atoms with Crippen LogP contribution >= 0.6 is 22.9 Å². The fourth-order valence-corrected chi connectivity index (χ4v) is 5.47. The maximum Gasteiger partial charge on any atom is 0.252 e. The molecular weight excluding hydrogens is 318 g/mol. The Labute approximate surface area is 129 Å². The van der Waals surface area contributed by atoms with E-state index in [1.54, 1.807) is 13.1 Å². The highest BCUT2D eigenvalue weighted by Crippen LogP contribution is 2.29. The van der Waals surface area contributed by atoms with Gasteiger partial charge in [-0.1, -0.05) is 0 Å². The van der Waals surface area contributed by atoms with Gasteiger partial charge in [0.15, 0.2) is 0 Å². The topological polar surface area (TPSA) is 46.6 Å². The van der Waals surface area contributed by atoms with E-state index in [4.69, 9.17) is 16.3 Å². The van der Waals surface area contributed by atoms with Crippen LogP contribution in [0, 0.1) is 6.92 Å². The number of aryl methyl sites for hydroxylation is 1. The summed E-state index contributed by atoms with van der Waals surface area (Å²) in [4.78, 5) is 0.910. The molecule has 114 valence electrons. The molecule has 4 nitrogen and oxygen atoms in total. The van der Waals surface area contributed by atoms with Gasteiger partial charge in [-0.2, -0.15) is 4.31 Å². The summed E-state index contributed by atoms with van der Waals surface area (Å²) >= 11 is 7.07. The lowest BCUT2D eigenvalue weighted by Crippen LogP contribution is -2.36. The molecule has 1 fully saturated rings. The van der Waals surface area contributed by atoms with Crippen molar-refractivity contribution in [2.75, 3.05) is 20.2 Å². The summed E-state index contributed by atoms with van der Waals surface area (Å²) in [6, 6.07) is 1.70. The van der Waals surface area contributed by atoms with Gasteiger partial charge in [0.25, 0.3) is 10.0 Å². The van der Waals surface area contributed by atoms with Crippen LogP contribution in [-0.4, -0.2) is 39.0 Å². The molecule has 0 aromatic carbocycles. The van der Waals surface area contributed by atoms with Crippen molar-refractivity contribution >= 4 is 33.0 Å². The van der Waals surface area contributed by atoms with Crippen LogP contribution in [0.15, 0.2) is 10.3 Å². The lowest BCUT2D eigenvalue weighted by atomic mass is 10.1. The van der Waals surface area contributed by atoms with Gasteiger partial charge in [0.1, 0.15) is 4.21 Å². The Hall–Kier alpha value is -0.140. The number of halogens is 1. The molecule has 20 heavy (non-hydrogen) atoms. The fourth-order valence-electron chi connectivity index (χ4n) is 2.24. The van der Waals surface area contributed by atoms with Gasteiger partial charge in [0.2, 0.25) is 0 Å². The Balaban J connectivity index is 2.11. The minimum absolute atomic E-state index is 0.0112. The molecule has 2 rings (SSSR count). The molecule has 0 radical (unpaired) electrons. The quantitative estimate of drug-likeness (QED) is 0.776. The molecule has 2 heterocycles. The van der Waals surface area contributed by atoms with Gasteiger partial charge in [-0.25, -0.2) is 8.42 Å². The van der Waals surface area contributed by atoms with E-state index < -0.39 is 10.0 Å². The molecule has 1 aliphatic rings. The van der Waals surface area contributed by atoms with Crippen molar-refractivity contribution in [2.45, 2.75) is 42.4 Å². The van der Waals surface area contributed by atoms with E-state index in [2.05, 4.69) is 0 Å². The average molecular weight is 338 g/mol. The molecule has 7 heteroatoms. The first kappa shape index (κ1) is 16.2. The highest BCUT2D eigenvalue weighted by molar-refractivity contribution is 7.91. The first-order valence-electron chi connectivity index (χ1n) is 6.68. The number of hydrogen-bond acceptors (Lipinski definition) is 4. The van der Waals surface area contributed by atoms with Crippen molar-refractivity contribution in [1.82, 2.24) is 4.31 Å². The van der Waals surface area contributed by atoms with Crippen molar-refractivity contribution in [3.63, 3.8) is 0 Å². The molecule has 1 aliphatic heterocycles. The largest absolute Gasteiger partial charge is 0.377 e. The van der Waals surface area contributed by atoms with Gasteiger partial charge in [0.05, 0.1) is 12.0 Å². The molecule has 0 aliphatic carbocycles. The number of hydrogen-bond donors (Lipinski definition) is 0. The van der Waals surface area contributed by atoms with Gasteiger partial charge in [-0.15, -0.1) is 22.9 Å². The zero-order valence-electron chi connectivity index (χ0n) is 11.8. The summed E-state index contributed by atoms with van der Waals surface area (Å²) in [5.41, 5.74) is 0.936. The second-order valence-electron chi connectivity index (χ2n) is 5.08. The van der Waals surface area contributed by atoms with Crippen LogP contribution in [0.1, 0.15) is 29.7 Å². The zero-order chi connectivity index (χ0) is 14.8.